The van der Waals surface area contributed by atoms with Crippen LogP contribution in [0.2, 0.25) is 0 Å². The number of aromatic nitrogens is 2. The highest BCUT2D eigenvalue weighted by Crippen LogP contribution is 2.14. The Kier molecular flexibility index (Phi) is 3.71. The highest BCUT2D eigenvalue weighted by molar-refractivity contribution is 5.74. The quantitative estimate of drug-likeness (QED) is 0.905. The second kappa shape index (κ2) is 5.63. The molecule has 100 valence electrons. The van der Waals surface area contributed by atoms with E-state index in [-0.39, 0.29) is 0 Å². The van der Waals surface area contributed by atoms with Gasteiger partial charge in [0.1, 0.15) is 0 Å². The van der Waals surface area contributed by atoms with Crippen LogP contribution in [0, 0.1) is 0 Å². The van der Waals surface area contributed by atoms with E-state index in [4.69, 9.17) is 0 Å². The molecule has 0 amide bonds. The van der Waals surface area contributed by atoms with E-state index in [1.165, 1.54) is 11.1 Å². The van der Waals surface area contributed by atoms with Crippen LogP contribution in [0.25, 0.3) is 11.0 Å². The van der Waals surface area contributed by atoms with E-state index in [0.717, 1.165) is 50.2 Å². The van der Waals surface area contributed by atoms with E-state index in [9.17, 15) is 0 Å². The lowest BCUT2D eigenvalue weighted by molar-refractivity contribution is 0.233. The van der Waals surface area contributed by atoms with Gasteiger partial charge in [-0.3, -0.25) is 14.9 Å². The molecule has 1 aliphatic rings. The minimum Gasteiger partial charge on any atom is -0.314 e. The molecule has 1 saturated heterocycles. The van der Waals surface area contributed by atoms with Gasteiger partial charge in [0.25, 0.3) is 0 Å². The monoisotopic (exact) mass is 256 g/mol. The van der Waals surface area contributed by atoms with Crippen molar-refractivity contribution in [3.63, 3.8) is 0 Å². The molecule has 1 N–H and O–H groups in total. The zero-order valence-electron chi connectivity index (χ0n) is 11.4. The topological polar surface area (TPSA) is 41.1 Å². The van der Waals surface area contributed by atoms with E-state index in [0.29, 0.717) is 0 Å². The van der Waals surface area contributed by atoms with Gasteiger partial charge in [0.2, 0.25) is 0 Å². The molecule has 0 atom stereocenters. The van der Waals surface area contributed by atoms with Crippen LogP contribution in [0.3, 0.4) is 0 Å². The van der Waals surface area contributed by atoms with Crippen LogP contribution in [0.5, 0.6) is 0 Å². The standard InChI is InChI=1S/C15H20N4/c1-2-12-7-14-15(17-9-12)8-13(10-18-14)11-19-5-3-16-4-6-19/h7-10,16H,2-6,11H2,1H3. The van der Waals surface area contributed by atoms with Gasteiger partial charge in [-0.25, -0.2) is 0 Å². The fraction of sp³-hybridized carbons (Fsp3) is 0.467. The van der Waals surface area contributed by atoms with Crippen LogP contribution in [-0.2, 0) is 13.0 Å². The van der Waals surface area contributed by atoms with Crippen molar-refractivity contribution < 1.29 is 0 Å². The Morgan fingerprint density at radius 1 is 1.05 bits per heavy atom. The molecule has 1 fully saturated rings. The molecular weight excluding hydrogens is 236 g/mol. The van der Waals surface area contributed by atoms with Crippen LogP contribution in [-0.4, -0.2) is 41.0 Å². The molecule has 0 radical (unpaired) electrons. The Morgan fingerprint density at radius 2 is 1.68 bits per heavy atom. The molecule has 1 aliphatic heterocycles. The number of pyridine rings is 2. The average molecular weight is 256 g/mol. The number of nitrogens with one attached hydrogen (secondary N) is 1. The highest BCUT2D eigenvalue weighted by atomic mass is 15.2. The lowest BCUT2D eigenvalue weighted by Gasteiger charge is -2.27. The zero-order chi connectivity index (χ0) is 13.1. The summed E-state index contributed by atoms with van der Waals surface area (Å²) in [7, 11) is 0. The van der Waals surface area contributed by atoms with Gasteiger partial charge in [-0.1, -0.05) is 6.92 Å². The molecule has 3 rings (SSSR count). The normalized spacial score (nSPS) is 16.9. The molecular formula is C15H20N4. The maximum absolute atomic E-state index is 4.55. The Morgan fingerprint density at radius 3 is 2.37 bits per heavy atom. The number of rotatable bonds is 3. The van der Waals surface area contributed by atoms with Gasteiger partial charge in [-0.05, 0) is 29.7 Å². The fourth-order valence-corrected chi connectivity index (χ4v) is 2.49. The van der Waals surface area contributed by atoms with Gasteiger partial charge in [0.05, 0.1) is 11.0 Å². The van der Waals surface area contributed by atoms with Crippen molar-refractivity contribution in [3.05, 3.63) is 35.7 Å². The lowest BCUT2D eigenvalue weighted by Crippen LogP contribution is -2.42. The van der Waals surface area contributed by atoms with E-state index in [1.807, 2.05) is 12.4 Å². The first-order chi connectivity index (χ1) is 9.35. The Hall–Kier alpha value is -1.52. The molecule has 4 heteroatoms. The van der Waals surface area contributed by atoms with Crippen LogP contribution >= 0.6 is 0 Å². The van der Waals surface area contributed by atoms with E-state index in [2.05, 4.69) is 39.2 Å². The number of nitrogens with zero attached hydrogens (tertiary/aromatic N) is 3. The van der Waals surface area contributed by atoms with E-state index < -0.39 is 0 Å². The maximum atomic E-state index is 4.55. The lowest BCUT2D eigenvalue weighted by atomic mass is 10.1. The molecule has 0 bridgehead atoms. The Balaban J connectivity index is 1.80. The Labute approximate surface area is 113 Å². The molecule has 0 spiro atoms. The molecule has 0 aromatic carbocycles. The minimum atomic E-state index is 0.974. The molecule has 0 saturated carbocycles. The molecule has 0 unspecified atom stereocenters. The summed E-state index contributed by atoms with van der Waals surface area (Å²) < 4.78 is 0. The summed E-state index contributed by atoms with van der Waals surface area (Å²) in [5, 5.41) is 3.37. The number of fused-ring (bicyclic) bond motifs is 1. The molecule has 4 nitrogen and oxygen atoms in total. The van der Waals surface area contributed by atoms with Crippen molar-refractivity contribution >= 4 is 11.0 Å². The summed E-state index contributed by atoms with van der Waals surface area (Å²) in [6, 6.07) is 4.31. The maximum Gasteiger partial charge on any atom is 0.0890 e. The van der Waals surface area contributed by atoms with Gasteiger partial charge < -0.3 is 5.32 Å². The third-order valence-electron chi connectivity index (χ3n) is 3.67. The third kappa shape index (κ3) is 2.91. The van der Waals surface area contributed by atoms with Crippen molar-refractivity contribution in [2.24, 2.45) is 0 Å². The highest BCUT2D eigenvalue weighted by Gasteiger charge is 2.10. The predicted octanol–water partition coefficient (Wildman–Crippen LogP) is 1.60. The van der Waals surface area contributed by atoms with Crippen molar-refractivity contribution in [1.82, 2.24) is 20.2 Å². The molecule has 2 aromatic heterocycles. The largest absolute Gasteiger partial charge is 0.314 e. The summed E-state index contributed by atoms with van der Waals surface area (Å²) in [6.07, 6.45) is 4.96. The summed E-state index contributed by atoms with van der Waals surface area (Å²) >= 11 is 0. The van der Waals surface area contributed by atoms with Crippen molar-refractivity contribution in [3.8, 4) is 0 Å². The van der Waals surface area contributed by atoms with Gasteiger partial charge in [-0.15, -0.1) is 0 Å². The van der Waals surface area contributed by atoms with Gasteiger partial charge in [0, 0.05) is 45.1 Å². The summed E-state index contributed by atoms with van der Waals surface area (Å²) in [6.45, 7) is 7.50. The van der Waals surface area contributed by atoms with Gasteiger partial charge in [0.15, 0.2) is 0 Å². The predicted molar refractivity (Wildman–Crippen MR) is 77.1 cm³/mol. The van der Waals surface area contributed by atoms with Crippen LogP contribution in [0.15, 0.2) is 24.5 Å². The summed E-state index contributed by atoms with van der Waals surface area (Å²) in [5.41, 5.74) is 4.51. The van der Waals surface area contributed by atoms with Gasteiger partial charge in [-0.2, -0.15) is 0 Å². The molecule has 2 aromatic rings. The number of hydrogen-bond acceptors (Lipinski definition) is 4. The zero-order valence-corrected chi connectivity index (χ0v) is 11.4. The first kappa shape index (κ1) is 12.5. The average Bonchev–Trinajstić information content (AvgIpc) is 2.48. The number of piperazine rings is 1. The SMILES string of the molecule is CCc1cnc2cc(CN3CCNCC3)cnc2c1. The summed E-state index contributed by atoms with van der Waals surface area (Å²) in [4.78, 5) is 11.5. The smallest absolute Gasteiger partial charge is 0.0890 e. The molecule has 0 aliphatic carbocycles. The Bertz CT molecular complexity index is 561. The molecule has 3 heterocycles. The minimum absolute atomic E-state index is 0.974. The first-order valence-corrected chi connectivity index (χ1v) is 7.02. The van der Waals surface area contributed by atoms with Gasteiger partial charge >= 0.3 is 0 Å². The second-order valence-electron chi connectivity index (χ2n) is 5.11. The van der Waals surface area contributed by atoms with Crippen molar-refractivity contribution in [2.75, 3.05) is 26.2 Å². The van der Waals surface area contributed by atoms with Crippen LogP contribution in [0.4, 0.5) is 0 Å². The van der Waals surface area contributed by atoms with Crippen molar-refractivity contribution in [2.45, 2.75) is 19.9 Å². The first-order valence-electron chi connectivity index (χ1n) is 7.02. The summed E-state index contributed by atoms with van der Waals surface area (Å²) in [5.74, 6) is 0. The van der Waals surface area contributed by atoms with Crippen LogP contribution < -0.4 is 5.32 Å². The van der Waals surface area contributed by atoms with Crippen molar-refractivity contribution in [1.29, 1.82) is 0 Å². The number of hydrogen-bond donors (Lipinski definition) is 1. The van der Waals surface area contributed by atoms with Crippen LogP contribution in [0.1, 0.15) is 18.1 Å². The van der Waals surface area contributed by atoms with E-state index >= 15 is 0 Å². The number of aryl methyl sites for hydroxylation is 1. The van der Waals surface area contributed by atoms with E-state index in [1.54, 1.807) is 0 Å². The molecule has 19 heavy (non-hydrogen) atoms. The third-order valence-corrected chi connectivity index (χ3v) is 3.67. The second-order valence-corrected chi connectivity index (χ2v) is 5.11. The fourth-order valence-electron chi connectivity index (χ4n) is 2.49.